The Bertz CT molecular complexity index is 741. The Labute approximate surface area is 300 Å². The van der Waals surface area contributed by atoms with Crippen LogP contribution in [0.4, 0.5) is 0 Å². The minimum atomic E-state index is -1.55. The maximum Gasteiger partial charge on any atom is 0.220 e. The number of ether oxygens (including phenoxy) is 2. The molecule has 2 unspecified atom stereocenters. The van der Waals surface area contributed by atoms with Crippen molar-refractivity contribution >= 4 is 5.91 Å². The van der Waals surface area contributed by atoms with E-state index >= 15 is 0 Å². The van der Waals surface area contributed by atoms with Crippen LogP contribution in [0.15, 0.2) is 0 Å². The van der Waals surface area contributed by atoms with Crippen LogP contribution in [-0.4, -0.2) is 87.5 Å². The lowest BCUT2D eigenvalue weighted by Crippen LogP contribution is -2.60. The van der Waals surface area contributed by atoms with Crippen LogP contribution in [0.3, 0.4) is 0 Å². The number of hydrogen-bond donors (Lipinski definition) is 6. The maximum absolute atomic E-state index is 12.9. The summed E-state index contributed by atoms with van der Waals surface area (Å²) in [4.78, 5) is 12.9. The molecule has 0 aromatic rings. The van der Waals surface area contributed by atoms with Crippen LogP contribution < -0.4 is 5.32 Å². The Morgan fingerprint density at radius 3 is 1.45 bits per heavy atom. The molecule has 0 bridgehead atoms. The predicted molar refractivity (Wildman–Crippen MR) is 198 cm³/mol. The molecule has 49 heavy (non-hydrogen) atoms. The van der Waals surface area contributed by atoms with Gasteiger partial charge in [0.15, 0.2) is 6.29 Å². The molecule has 292 valence electrons. The monoisotopic (exact) mass is 702 g/mol. The highest BCUT2D eigenvalue weighted by Crippen LogP contribution is 2.23. The van der Waals surface area contributed by atoms with E-state index in [0.29, 0.717) is 12.8 Å². The Morgan fingerprint density at radius 2 is 1.02 bits per heavy atom. The number of rotatable bonds is 34. The maximum atomic E-state index is 12.9. The first-order chi connectivity index (χ1) is 23.8. The highest BCUT2D eigenvalue weighted by Gasteiger charge is 2.44. The molecule has 1 fully saturated rings. The summed E-state index contributed by atoms with van der Waals surface area (Å²) in [5, 5.41) is 54.1. The number of aliphatic hydroxyl groups excluding tert-OH is 5. The zero-order chi connectivity index (χ0) is 36.0. The molecule has 1 heterocycles. The number of aliphatic hydroxyl groups is 5. The van der Waals surface area contributed by atoms with Crippen molar-refractivity contribution < 1.29 is 39.8 Å². The lowest BCUT2D eigenvalue weighted by atomic mass is 9.99. The molecule has 1 amide bonds. The van der Waals surface area contributed by atoms with Crippen LogP contribution >= 0.6 is 0 Å². The lowest BCUT2D eigenvalue weighted by molar-refractivity contribution is -0.302. The van der Waals surface area contributed by atoms with Crippen molar-refractivity contribution in [3.63, 3.8) is 0 Å². The third kappa shape index (κ3) is 23.4. The number of amides is 1. The fourth-order valence-corrected chi connectivity index (χ4v) is 6.81. The Kier molecular flexibility index (Phi) is 30.1. The molecule has 9 heteroatoms. The molecular weight excluding hydrogens is 622 g/mol. The summed E-state index contributed by atoms with van der Waals surface area (Å²) in [5.41, 5.74) is 0. The molecule has 1 aliphatic rings. The highest BCUT2D eigenvalue weighted by atomic mass is 16.7. The van der Waals surface area contributed by atoms with Gasteiger partial charge in [0.2, 0.25) is 5.91 Å². The number of unbranched alkanes of at least 4 members (excludes halogenated alkanes) is 24. The van der Waals surface area contributed by atoms with Gasteiger partial charge in [-0.05, 0) is 12.8 Å². The first kappa shape index (κ1) is 46.2. The molecular formula is C40H79NO8. The van der Waals surface area contributed by atoms with E-state index in [1.165, 1.54) is 128 Å². The van der Waals surface area contributed by atoms with Crippen molar-refractivity contribution in [3.05, 3.63) is 0 Å². The second-order valence-electron chi connectivity index (χ2n) is 14.8. The van der Waals surface area contributed by atoms with Gasteiger partial charge in [-0.15, -0.1) is 0 Å². The normalized spacial score (nSPS) is 22.3. The molecule has 7 atom stereocenters. The number of carbonyl (C=O) groups is 1. The SMILES string of the molecule is CCCCCCCCCCCCCCCC(=O)N[C@@H](CO[C@@H]1O[C@H](CO)[C@@H](O)C(O)C1O)[C@H](O)CCCCCCCCCCCCCCC. The molecule has 1 saturated heterocycles. The predicted octanol–water partition coefficient (Wildman–Crippen LogP) is 7.61. The van der Waals surface area contributed by atoms with Gasteiger partial charge in [0.25, 0.3) is 0 Å². The molecule has 0 saturated carbocycles. The van der Waals surface area contributed by atoms with Crippen molar-refractivity contribution in [1.29, 1.82) is 0 Å². The van der Waals surface area contributed by atoms with Crippen LogP contribution in [0.25, 0.3) is 0 Å². The third-order valence-corrected chi connectivity index (χ3v) is 10.2. The van der Waals surface area contributed by atoms with Gasteiger partial charge >= 0.3 is 0 Å². The smallest absolute Gasteiger partial charge is 0.220 e. The standard InChI is InChI=1S/C40H79NO8/c1-3-5-7-9-11-13-15-17-19-21-23-25-27-29-34(43)33(32-48-40-39(47)38(46)37(45)35(31-42)49-40)41-36(44)30-28-26-24-22-20-18-16-14-12-10-8-6-4-2/h33-35,37-40,42-43,45-47H,3-32H2,1-2H3,(H,41,44)/t33-,34+,35+,37+,38?,39?,40+/m0/s1. The molecule has 0 spiro atoms. The van der Waals surface area contributed by atoms with E-state index in [4.69, 9.17) is 9.47 Å². The van der Waals surface area contributed by atoms with Crippen molar-refractivity contribution in [3.8, 4) is 0 Å². The Morgan fingerprint density at radius 1 is 0.612 bits per heavy atom. The second kappa shape index (κ2) is 31.9. The van der Waals surface area contributed by atoms with Crippen molar-refractivity contribution in [2.24, 2.45) is 0 Å². The molecule has 1 aliphatic heterocycles. The fourth-order valence-electron chi connectivity index (χ4n) is 6.81. The average molecular weight is 702 g/mol. The van der Waals surface area contributed by atoms with E-state index < -0.39 is 49.5 Å². The second-order valence-corrected chi connectivity index (χ2v) is 14.8. The molecule has 0 aliphatic carbocycles. The Hall–Kier alpha value is -0.810. The molecule has 1 rings (SSSR count). The van der Waals surface area contributed by atoms with Gasteiger partial charge in [-0.25, -0.2) is 0 Å². The zero-order valence-corrected chi connectivity index (χ0v) is 31.7. The van der Waals surface area contributed by atoms with Crippen LogP contribution in [-0.2, 0) is 14.3 Å². The van der Waals surface area contributed by atoms with Gasteiger partial charge in [-0.2, -0.15) is 0 Å². The minimum Gasteiger partial charge on any atom is -0.394 e. The first-order valence-corrected chi connectivity index (χ1v) is 20.7. The number of nitrogens with one attached hydrogen (secondary N) is 1. The van der Waals surface area contributed by atoms with E-state index in [1.807, 2.05) is 0 Å². The summed E-state index contributed by atoms with van der Waals surface area (Å²) in [6.45, 7) is 3.82. The highest BCUT2D eigenvalue weighted by molar-refractivity contribution is 5.76. The zero-order valence-electron chi connectivity index (χ0n) is 31.7. The summed E-state index contributed by atoms with van der Waals surface area (Å²) in [5.74, 6) is -0.144. The summed E-state index contributed by atoms with van der Waals surface area (Å²) in [6, 6.07) is -0.709. The van der Waals surface area contributed by atoms with Crippen LogP contribution in [0.2, 0.25) is 0 Å². The van der Waals surface area contributed by atoms with Crippen molar-refractivity contribution in [2.45, 2.75) is 236 Å². The average Bonchev–Trinajstić information content (AvgIpc) is 3.10. The number of carbonyl (C=O) groups excluding carboxylic acids is 1. The van der Waals surface area contributed by atoms with E-state index in [9.17, 15) is 30.3 Å². The molecule has 0 aromatic heterocycles. The van der Waals surface area contributed by atoms with Gasteiger partial charge in [-0.3, -0.25) is 4.79 Å². The number of hydrogen-bond acceptors (Lipinski definition) is 8. The minimum absolute atomic E-state index is 0.132. The van der Waals surface area contributed by atoms with Crippen LogP contribution in [0.5, 0.6) is 0 Å². The summed E-state index contributed by atoms with van der Waals surface area (Å²) < 4.78 is 11.2. The van der Waals surface area contributed by atoms with Crippen LogP contribution in [0.1, 0.15) is 194 Å². The topological polar surface area (TPSA) is 149 Å². The molecule has 9 nitrogen and oxygen atoms in total. The summed E-state index contributed by atoms with van der Waals surface area (Å²) in [6.07, 6.45) is 25.3. The van der Waals surface area contributed by atoms with Gasteiger partial charge in [0, 0.05) is 6.42 Å². The summed E-state index contributed by atoms with van der Waals surface area (Å²) in [7, 11) is 0. The van der Waals surface area contributed by atoms with E-state index in [2.05, 4.69) is 19.2 Å². The fraction of sp³-hybridized carbons (Fsp3) is 0.975. The van der Waals surface area contributed by atoms with Crippen LogP contribution in [0, 0.1) is 0 Å². The van der Waals surface area contributed by atoms with Gasteiger partial charge in [0.05, 0.1) is 25.4 Å². The largest absolute Gasteiger partial charge is 0.394 e. The van der Waals surface area contributed by atoms with Gasteiger partial charge < -0.3 is 40.3 Å². The van der Waals surface area contributed by atoms with Gasteiger partial charge in [-0.1, -0.05) is 174 Å². The van der Waals surface area contributed by atoms with E-state index in [1.54, 1.807) is 0 Å². The molecule has 0 aromatic carbocycles. The lowest BCUT2D eigenvalue weighted by Gasteiger charge is -2.40. The van der Waals surface area contributed by atoms with Gasteiger partial charge in [0.1, 0.15) is 24.4 Å². The van der Waals surface area contributed by atoms with E-state index in [-0.39, 0.29) is 12.5 Å². The Balaban J connectivity index is 2.38. The third-order valence-electron chi connectivity index (χ3n) is 10.2. The quantitative estimate of drug-likeness (QED) is 0.0376. The summed E-state index contributed by atoms with van der Waals surface area (Å²) >= 11 is 0. The molecule has 6 N–H and O–H groups in total. The van der Waals surface area contributed by atoms with Crippen molar-refractivity contribution in [1.82, 2.24) is 5.32 Å². The van der Waals surface area contributed by atoms with E-state index in [0.717, 1.165) is 38.5 Å². The molecule has 0 radical (unpaired) electrons. The first-order valence-electron chi connectivity index (χ1n) is 20.7. The van der Waals surface area contributed by atoms with Crippen molar-refractivity contribution in [2.75, 3.05) is 13.2 Å².